The monoisotopic (exact) mass is 244 g/mol. The van der Waals surface area contributed by atoms with Crippen LogP contribution < -0.4 is 5.32 Å². The van der Waals surface area contributed by atoms with Gasteiger partial charge in [0.05, 0.1) is 6.61 Å². The maximum atomic E-state index is 11.8. The van der Waals surface area contributed by atoms with E-state index in [-0.39, 0.29) is 5.91 Å². The van der Waals surface area contributed by atoms with Gasteiger partial charge in [-0.25, -0.2) is 0 Å². The molecule has 0 atom stereocenters. The van der Waals surface area contributed by atoms with Crippen molar-refractivity contribution in [2.45, 2.75) is 6.92 Å². The van der Waals surface area contributed by atoms with Crippen LogP contribution in [-0.4, -0.2) is 54.9 Å². The quantitative estimate of drug-likeness (QED) is 0.746. The van der Waals surface area contributed by atoms with Gasteiger partial charge >= 0.3 is 0 Å². The van der Waals surface area contributed by atoms with Crippen LogP contribution in [-0.2, 0) is 4.74 Å². The first-order valence-corrected chi connectivity index (χ1v) is 5.85. The minimum absolute atomic E-state index is 0.126. The molecule has 1 aromatic heterocycles. The number of ether oxygens (including phenoxy) is 1. The van der Waals surface area contributed by atoms with Gasteiger partial charge in [-0.1, -0.05) is 11.3 Å². The third-order valence-electron chi connectivity index (χ3n) is 1.94. The molecule has 1 N–H and O–H groups in total. The first-order chi connectivity index (χ1) is 7.69. The Bertz CT molecular complexity index is 342. The van der Waals surface area contributed by atoms with Crippen LogP contribution in [0.4, 0.5) is 5.13 Å². The molecular weight excluding hydrogens is 228 g/mol. The fraction of sp³-hybridized carbons (Fsp3) is 0.667. The summed E-state index contributed by atoms with van der Waals surface area (Å²) in [5.74, 6) is -0.126. The highest BCUT2D eigenvalue weighted by Gasteiger charge is 2.16. The normalized spacial score (nSPS) is 10.2. The molecule has 1 aromatic rings. The Labute approximate surface area is 98.6 Å². The van der Waals surface area contributed by atoms with E-state index in [1.54, 1.807) is 19.0 Å². The molecule has 0 bridgehead atoms. The van der Waals surface area contributed by atoms with Crippen molar-refractivity contribution in [3.8, 4) is 0 Å². The van der Waals surface area contributed by atoms with Gasteiger partial charge in [0.25, 0.3) is 5.91 Å². The van der Waals surface area contributed by atoms with Gasteiger partial charge < -0.3 is 15.0 Å². The number of amides is 1. The maximum Gasteiger partial charge on any atom is 0.284 e. The molecule has 0 fully saturated rings. The van der Waals surface area contributed by atoms with Crippen LogP contribution in [0.15, 0.2) is 0 Å². The largest absolute Gasteiger partial charge is 0.380 e. The van der Waals surface area contributed by atoms with E-state index in [0.29, 0.717) is 29.9 Å². The second kappa shape index (κ2) is 6.39. The Balaban J connectivity index is 2.49. The second-order valence-electron chi connectivity index (χ2n) is 3.09. The van der Waals surface area contributed by atoms with Gasteiger partial charge in [-0.05, 0) is 6.92 Å². The fourth-order valence-corrected chi connectivity index (χ4v) is 1.71. The highest BCUT2D eigenvalue weighted by molar-refractivity contribution is 7.17. The Hall–Kier alpha value is -1.21. The number of rotatable bonds is 6. The Morgan fingerprint density at radius 2 is 2.31 bits per heavy atom. The zero-order chi connectivity index (χ0) is 12.0. The SMILES string of the molecule is CCOCCN(C)C(=O)c1nnc(NC)s1. The van der Waals surface area contributed by atoms with Crippen LogP contribution in [0.25, 0.3) is 0 Å². The summed E-state index contributed by atoms with van der Waals surface area (Å²) in [4.78, 5) is 13.4. The lowest BCUT2D eigenvalue weighted by Crippen LogP contribution is -2.30. The number of likely N-dealkylation sites (N-methyl/N-ethyl adjacent to an activating group) is 1. The lowest BCUT2D eigenvalue weighted by Gasteiger charge is -2.14. The molecule has 0 aromatic carbocycles. The number of anilines is 1. The highest BCUT2D eigenvalue weighted by Crippen LogP contribution is 2.15. The molecule has 1 amide bonds. The van der Waals surface area contributed by atoms with Crippen molar-refractivity contribution in [2.75, 3.05) is 39.2 Å². The van der Waals surface area contributed by atoms with Crippen LogP contribution >= 0.6 is 11.3 Å². The number of carbonyl (C=O) groups excluding carboxylic acids is 1. The molecule has 0 saturated heterocycles. The van der Waals surface area contributed by atoms with E-state index in [1.165, 1.54) is 11.3 Å². The molecule has 7 heteroatoms. The Kier molecular flexibility index (Phi) is 5.13. The number of hydrogen-bond acceptors (Lipinski definition) is 6. The van der Waals surface area contributed by atoms with E-state index >= 15 is 0 Å². The number of aromatic nitrogens is 2. The van der Waals surface area contributed by atoms with Gasteiger partial charge in [-0.15, -0.1) is 10.2 Å². The fourth-order valence-electron chi connectivity index (χ4n) is 1.02. The first kappa shape index (κ1) is 12.9. The molecule has 1 heterocycles. The molecule has 0 aliphatic rings. The summed E-state index contributed by atoms with van der Waals surface area (Å²) >= 11 is 1.24. The van der Waals surface area contributed by atoms with E-state index < -0.39 is 0 Å². The molecule has 0 saturated carbocycles. The summed E-state index contributed by atoms with van der Waals surface area (Å²) in [5.41, 5.74) is 0. The minimum atomic E-state index is -0.126. The predicted molar refractivity (Wildman–Crippen MR) is 62.9 cm³/mol. The van der Waals surface area contributed by atoms with Crippen molar-refractivity contribution < 1.29 is 9.53 Å². The third-order valence-corrected chi connectivity index (χ3v) is 2.87. The number of nitrogens with one attached hydrogen (secondary N) is 1. The molecular formula is C9H16N4O2S. The Morgan fingerprint density at radius 1 is 1.56 bits per heavy atom. The standard InChI is InChI=1S/C9H16N4O2S/c1-4-15-6-5-13(3)8(14)7-11-12-9(10-2)16-7/h4-6H2,1-3H3,(H,10,12). The zero-order valence-electron chi connectivity index (χ0n) is 9.69. The van der Waals surface area contributed by atoms with E-state index in [0.717, 1.165) is 0 Å². The van der Waals surface area contributed by atoms with Gasteiger partial charge in [0.2, 0.25) is 10.1 Å². The van der Waals surface area contributed by atoms with Gasteiger partial charge in [-0.3, -0.25) is 4.79 Å². The molecule has 90 valence electrons. The van der Waals surface area contributed by atoms with Crippen LogP contribution in [0.1, 0.15) is 16.7 Å². The van der Waals surface area contributed by atoms with Crippen molar-refractivity contribution in [3.05, 3.63) is 5.01 Å². The van der Waals surface area contributed by atoms with Crippen molar-refractivity contribution >= 4 is 22.4 Å². The maximum absolute atomic E-state index is 11.8. The van der Waals surface area contributed by atoms with Gasteiger partial charge in [-0.2, -0.15) is 0 Å². The van der Waals surface area contributed by atoms with Crippen molar-refractivity contribution in [1.82, 2.24) is 15.1 Å². The van der Waals surface area contributed by atoms with E-state index in [1.807, 2.05) is 6.92 Å². The zero-order valence-corrected chi connectivity index (χ0v) is 10.5. The second-order valence-corrected chi connectivity index (χ2v) is 4.06. The smallest absolute Gasteiger partial charge is 0.284 e. The summed E-state index contributed by atoms with van der Waals surface area (Å²) in [6.45, 7) is 3.67. The van der Waals surface area contributed by atoms with Crippen molar-refractivity contribution in [3.63, 3.8) is 0 Å². The molecule has 0 unspecified atom stereocenters. The van der Waals surface area contributed by atoms with Crippen LogP contribution in [0, 0.1) is 0 Å². The lowest BCUT2D eigenvalue weighted by molar-refractivity contribution is 0.0709. The summed E-state index contributed by atoms with van der Waals surface area (Å²) in [7, 11) is 3.47. The van der Waals surface area contributed by atoms with Crippen LogP contribution in [0.2, 0.25) is 0 Å². The number of nitrogens with zero attached hydrogens (tertiary/aromatic N) is 3. The van der Waals surface area contributed by atoms with Crippen LogP contribution in [0.5, 0.6) is 0 Å². The molecule has 0 aliphatic carbocycles. The van der Waals surface area contributed by atoms with E-state index in [2.05, 4.69) is 15.5 Å². The van der Waals surface area contributed by atoms with Crippen molar-refractivity contribution in [2.24, 2.45) is 0 Å². The summed E-state index contributed by atoms with van der Waals surface area (Å²) in [6.07, 6.45) is 0. The summed E-state index contributed by atoms with van der Waals surface area (Å²) < 4.78 is 5.18. The van der Waals surface area contributed by atoms with Gasteiger partial charge in [0.15, 0.2) is 0 Å². The third kappa shape index (κ3) is 3.42. The van der Waals surface area contributed by atoms with Crippen molar-refractivity contribution in [1.29, 1.82) is 0 Å². The molecule has 0 radical (unpaired) electrons. The molecule has 0 aliphatic heterocycles. The lowest BCUT2D eigenvalue weighted by atomic mass is 10.5. The van der Waals surface area contributed by atoms with Gasteiger partial charge in [0, 0.05) is 27.2 Å². The summed E-state index contributed by atoms with van der Waals surface area (Å²) in [5, 5.41) is 11.5. The Morgan fingerprint density at radius 3 is 2.88 bits per heavy atom. The molecule has 1 rings (SSSR count). The average Bonchev–Trinajstić information content (AvgIpc) is 2.76. The van der Waals surface area contributed by atoms with E-state index in [4.69, 9.17) is 4.74 Å². The minimum Gasteiger partial charge on any atom is -0.380 e. The van der Waals surface area contributed by atoms with Crippen LogP contribution in [0.3, 0.4) is 0 Å². The molecule has 16 heavy (non-hydrogen) atoms. The highest BCUT2D eigenvalue weighted by atomic mass is 32.1. The molecule has 6 nitrogen and oxygen atoms in total. The van der Waals surface area contributed by atoms with Gasteiger partial charge in [0.1, 0.15) is 0 Å². The molecule has 0 spiro atoms. The number of carbonyl (C=O) groups is 1. The topological polar surface area (TPSA) is 67.3 Å². The average molecular weight is 244 g/mol. The predicted octanol–water partition coefficient (Wildman–Crippen LogP) is 0.688. The number of hydrogen-bond donors (Lipinski definition) is 1. The van der Waals surface area contributed by atoms with E-state index in [9.17, 15) is 4.79 Å². The first-order valence-electron chi connectivity index (χ1n) is 5.03. The summed E-state index contributed by atoms with van der Waals surface area (Å²) in [6, 6.07) is 0.